The topological polar surface area (TPSA) is 66.9 Å². The normalized spacial score (nSPS) is 12.5. The number of ether oxygens (including phenoxy) is 1. The van der Waals surface area contributed by atoms with E-state index in [4.69, 9.17) is 16.3 Å². The Bertz CT molecular complexity index is 1720. The first-order valence-corrected chi connectivity index (χ1v) is 13.7. The first-order chi connectivity index (χ1) is 20.0. The minimum Gasteiger partial charge on any atom is -0.457 e. The van der Waals surface area contributed by atoms with Gasteiger partial charge in [0.1, 0.15) is 11.5 Å². The highest BCUT2D eigenvalue weighted by molar-refractivity contribution is 6.31. The second kappa shape index (κ2) is 11.3. The van der Waals surface area contributed by atoms with Crippen LogP contribution in [0.25, 0.3) is 10.8 Å². The maximum Gasteiger partial charge on any atom is 0.261 e. The zero-order chi connectivity index (χ0) is 28.3. The molecule has 1 aliphatic heterocycles. The third kappa shape index (κ3) is 5.30. The number of carbonyl (C=O) groups excluding carboxylic acids is 3. The molecule has 7 heteroatoms. The van der Waals surface area contributed by atoms with Gasteiger partial charge in [-0.15, -0.1) is 0 Å². The molecule has 5 aromatic carbocycles. The molecular formula is C34H25ClN2O4. The molecule has 0 bridgehead atoms. The molecule has 1 aliphatic rings. The van der Waals surface area contributed by atoms with E-state index in [0.717, 1.165) is 5.39 Å². The van der Waals surface area contributed by atoms with E-state index < -0.39 is 0 Å². The van der Waals surface area contributed by atoms with Crippen LogP contribution in [-0.2, 0) is 0 Å². The average molecular weight is 561 g/mol. The lowest BCUT2D eigenvalue weighted by atomic mass is 9.94. The highest BCUT2D eigenvalue weighted by atomic mass is 35.5. The van der Waals surface area contributed by atoms with E-state index in [2.05, 4.69) is 0 Å². The van der Waals surface area contributed by atoms with Gasteiger partial charge in [-0.25, -0.2) is 0 Å². The molecule has 0 saturated carbocycles. The number of carbonyl (C=O) groups is 3. The molecule has 5 aromatic rings. The van der Waals surface area contributed by atoms with Gasteiger partial charge in [-0.05, 0) is 78.5 Å². The molecule has 6 rings (SSSR count). The average Bonchev–Trinajstić information content (AvgIpc) is 3.00. The fraction of sp³-hybridized carbons (Fsp3) is 0.0882. The van der Waals surface area contributed by atoms with E-state index in [1.165, 1.54) is 4.90 Å². The van der Waals surface area contributed by atoms with Gasteiger partial charge in [0, 0.05) is 45.9 Å². The molecule has 1 heterocycles. The standard InChI is InChI=1S/C34H25ClN2O4/c35-25-11-4-10-24(22-25)32(38)36(26-16-18-28(19-17-26)41-27-12-2-1-3-13-27)20-7-21-37-33(39)29-14-5-8-23-9-6-15-30(31(23)29)34(37)40/h1-6,8-19,22H,7,20-21H2. The summed E-state index contributed by atoms with van der Waals surface area (Å²) in [6.45, 7) is 0.435. The van der Waals surface area contributed by atoms with Gasteiger partial charge in [0.05, 0.1) is 0 Å². The molecule has 0 fully saturated rings. The number of amides is 3. The van der Waals surface area contributed by atoms with Crippen LogP contribution >= 0.6 is 11.6 Å². The van der Waals surface area contributed by atoms with E-state index in [1.807, 2.05) is 66.7 Å². The lowest BCUT2D eigenvalue weighted by Crippen LogP contribution is -2.42. The summed E-state index contributed by atoms with van der Waals surface area (Å²) < 4.78 is 5.91. The van der Waals surface area contributed by atoms with Crippen molar-refractivity contribution in [2.24, 2.45) is 0 Å². The van der Waals surface area contributed by atoms with Crippen molar-refractivity contribution in [2.45, 2.75) is 6.42 Å². The van der Waals surface area contributed by atoms with Crippen molar-refractivity contribution in [3.8, 4) is 11.5 Å². The van der Waals surface area contributed by atoms with Crippen LogP contribution in [-0.4, -0.2) is 35.7 Å². The maximum atomic E-state index is 13.7. The van der Waals surface area contributed by atoms with E-state index in [0.29, 0.717) is 50.7 Å². The summed E-state index contributed by atoms with van der Waals surface area (Å²) in [6.07, 6.45) is 0.379. The summed E-state index contributed by atoms with van der Waals surface area (Å²) in [5, 5.41) is 2.01. The lowest BCUT2D eigenvalue weighted by Gasteiger charge is -2.29. The Morgan fingerprint density at radius 2 is 1.37 bits per heavy atom. The molecule has 0 aliphatic carbocycles. The number of nitrogens with zero attached hydrogens (tertiary/aromatic N) is 2. The Morgan fingerprint density at radius 1 is 0.732 bits per heavy atom. The highest BCUT2D eigenvalue weighted by Crippen LogP contribution is 2.31. The van der Waals surface area contributed by atoms with Gasteiger partial charge < -0.3 is 9.64 Å². The predicted octanol–water partition coefficient (Wildman–Crippen LogP) is 7.62. The molecular weight excluding hydrogens is 536 g/mol. The Morgan fingerprint density at radius 3 is 2.02 bits per heavy atom. The second-order valence-corrected chi connectivity index (χ2v) is 10.1. The van der Waals surface area contributed by atoms with Crippen molar-refractivity contribution in [1.82, 2.24) is 4.90 Å². The summed E-state index contributed by atoms with van der Waals surface area (Å²) in [7, 11) is 0. The van der Waals surface area contributed by atoms with Crippen molar-refractivity contribution in [3.05, 3.63) is 137 Å². The summed E-state index contributed by atoms with van der Waals surface area (Å²) in [4.78, 5) is 43.2. The van der Waals surface area contributed by atoms with Crippen LogP contribution in [0, 0.1) is 0 Å². The largest absolute Gasteiger partial charge is 0.457 e. The summed E-state index contributed by atoms with van der Waals surface area (Å²) in [5.41, 5.74) is 2.12. The zero-order valence-corrected chi connectivity index (χ0v) is 22.8. The molecule has 6 nitrogen and oxygen atoms in total. The quantitative estimate of drug-likeness (QED) is 0.183. The third-order valence-corrected chi connectivity index (χ3v) is 7.30. The van der Waals surface area contributed by atoms with E-state index in [1.54, 1.807) is 53.4 Å². The first-order valence-electron chi connectivity index (χ1n) is 13.3. The first kappa shape index (κ1) is 26.3. The Kier molecular flexibility index (Phi) is 7.23. The van der Waals surface area contributed by atoms with Crippen LogP contribution < -0.4 is 9.64 Å². The number of imide groups is 1. The summed E-state index contributed by atoms with van der Waals surface area (Å²) in [5.74, 6) is 0.451. The Balaban J connectivity index is 1.23. The van der Waals surface area contributed by atoms with Crippen molar-refractivity contribution in [2.75, 3.05) is 18.0 Å². The van der Waals surface area contributed by atoms with Crippen molar-refractivity contribution >= 4 is 45.8 Å². The number of para-hydroxylation sites is 1. The number of benzene rings is 5. The number of hydrogen-bond donors (Lipinski definition) is 0. The maximum absolute atomic E-state index is 13.7. The van der Waals surface area contributed by atoms with E-state index in [9.17, 15) is 14.4 Å². The smallest absolute Gasteiger partial charge is 0.261 e. The summed E-state index contributed by atoms with van der Waals surface area (Å²) >= 11 is 6.18. The number of rotatable bonds is 8. The molecule has 0 unspecified atom stereocenters. The van der Waals surface area contributed by atoms with Crippen molar-refractivity contribution in [3.63, 3.8) is 0 Å². The Labute approximate surface area is 242 Å². The lowest BCUT2D eigenvalue weighted by molar-refractivity contribution is 0.0610. The fourth-order valence-corrected chi connectivity index (χ4v) is 5.30. The number of hydrogen-bond acceptors (Lipinski definition) is 4. The molecule has 0 N–H and O–H groups in total. The minimum atomic E-state index is -0.325. The number of halogens is 1. The minimum absolute atomic E-state index is 0.164. The van der Waals surface area contributed by atoms with Gasteiger partial charge in [-0.3, -0.25) is 19.3 Å². The molecule has 0 spiro atoms. The van der Waals surface area contributed by atoms with Crippen molar-refractivity contribution in [1.29, 1.82) is 0 Å². The van der Waals surface area contributed by atoms with Crippen LogP contribution in [0.1, 0.15) is 37.5 Å². The molecule has 0 atom stereocenters. The van der Waals surface area contributed by atoms with Crippen LogP contribution in [0.5, 0.6) is 11.5 Å². The van der Waals surface area contributed by atoms with Crippen LogP contribution in [0.15, 0.2) is 115 Å². The fourth-order valence-electron chi connectivity index (χ4n) is 5.11. The van der Waals surface area contributed by atoms with Gasteiger partial charge >= 0.3 is 0 Å². The second-order valence-electron chi connectivity index (χ2n) is 9.70. The van der Waals surface area contributed by atoms with Crippen LogP contribution in [0.4, 0.5) is 5.69 Å². The van der Waals surface area contributed by atoms with Gasteiger partial charge in [0.25, 0.3) is 17.7 Å². The van der Waals surface area contributed by atoms with Gasteiger partial charge in [-0.1, -0.05) is 60.1 Å². The van der Waals surface area contributed by atoms with Crippen LogP contribution in [0.2, 0.25) is 5.02 Å². The van der Waals surface area contributed by atoms with Crippen molar-refractivity contribution < 1.29 is 19.1 Å². The van der Waals surface area contributed by atoms with Gasteiger partial charge in [0.15, 0.2) is 0 Å². The van der Waals surface area contributed by atoms with E-state index >= 15 is 0 Å². The summed E-state index contributed by atoms with van der Waals surface area (Å²) in [6, 6.07) is 34.4. The Hall–Kier alpha value is -4.94. The number of anilines is 1. The predicted molar refractivity (Wildman–Crippen MR) is 160 cm³/mol. The molecule has 0 saturated heterocycles. The van der Waals surface area contributed by atoms with Crippen LogP contribution in [0.3, 0.4) is 0 Å². The zero-order valence-electron chi connectivity index (χ0n) is 22.0. The monoisotopic (exact) mass is 560 g/mol. The highest BCUT2D eigenvalue weighted by Gasteiger charge is 2.32. The molecule has 3 amide bonds. The van der Waals surface area contributed by atoms with Gasteiger partial charge in [-0.2, -0.15) is 0 Å². The third-order valence-electron chi connectivity index (χ3n) is 7.06. The molecule has 0 radical (unpaired) electrons. The van der Waals surface area contributed by atoms with E-state index in [-0.39, 0.29) is 30.8 Å². The van der Waals surface area contributed by atoms with Gasteiger partial charge in [0.2, 0.25) is 0 Å². The SMILES string of the molecule is O=C1c2cccc3cccc(c23)C(=O)N1CCCN(C(=O)c1cccc(Cl)c1)c1ccc(Oc2ccccc2)cc1. The molecule has 202 valence electrons. The molecule has 0 aromatic heterocycles. The molecule has 41 heavy (non-hydrogen) atoms.